The van der Waals surface area contributed by atoms with Crippen LogP contribution in [0.5, 0.6) is 0 Å². The Hall–Kier alpha value is -0.100. The van der Waals surface area contributed by atoms with Crippen molar-refractivity contribution in [3.8, 4) is 0 Å². The Morgan fingerprint density at radius 1 is 1.62 bits per heavy atom. The van der Waals surface area contributed by atoms with Crippen LogP contribution in [-0.4, -0.2) is 13.1 Å². The molecule has 13 heavy (non-hydrogen) atoms. The van der Waals surface area contributed by atoms with Gasteiger partial charge in [-0.2, -0.15) is 0 Å². The van der Waals surface area contributed by atoms with Crippen molar-refractivity contribution in [3.63, 3.8) is 0 Å². The highest BCUT2D eigenvalue weighted by Gasteiger charge is 2.12. The van der Waals surface area contributed by atoms with Gasteiger partial charge < -0.3 is 4.74 Å². The lowest BCUT2D eigenvalue weighted by Gasteiger charge is -2.06. The van der Waals surface area contributed by atoms with Crippen LogP contribution >= 0.6 is 38.5 Å². The summed E-state index contributed by atoms with van der Waals surface area (Å²) in [6.45, 7) is 0. The van der Waals surface area contributed by atoms with Crippen molar-refractivity contribution in [1.82, 2.24) is 0 Å². The smallest absolute Gasteiger partial charge is 0.338 e. The van der Waals surface area contributed by atoms with Crippen molar-refractivity contribution in [3.05, 3.63) is 32.9 Å². The van der Waals surface area contributed by atoms with Crippen molar-refractivity contribution in [2.45, 2.75) is 5.33 Å². The first-order valence-corrected chi connectivity index (χ1v) is 5.82. The molecule has 0 unspecified atom stereocenters. The van der Waals surface area contributed by atoms with E-state index in [1.54, 1.807) is 6.07 Å². The van der Waals surface area contributed by atoms with Gasteiger partial charge in [-0.25, -0.2) is 4.79 Å². The summed E-state index contributed by atoms with van der Waals surface area (Å²) >= 11 is 5.54. The van der Waals surface area contributed by atoms with Gasteiger partial charge in [0.05, 0.1) is 12.7 Å². The number of benzene rings is 1. The molecule has 70 valence electrons. The van der Waals surface area contributed by atoms with Gasteiger partial charge in [-0.05, 0) is 40.3 Å². The molecular weight excluding hydrogens is 347 g/mol. The predicted octanol–water partition coefficient (Wildman–Crippen LogP) is 2.97. The van der Waals surface area contributed by atoms with E-state index in [0.717, 1.165) is 9.13 Å². The molecule has 0 aromatic heterocycles. The molecule has 0 aliphatic rings. The predicted molar refractivity (Wildman–Crippen MR) is 63.1 cm³/mol. The molecule has 1 aromatic carbocycles. The fraction of sp³-hybridized carbons (Fsp3) is 0.222. The second kappa shape index (κ2) is 4.95. The number of hydrogen-bond acceptors (Lipinski definition) is 2. The molecule has 1 aromatic rings. The van der Waals surface area contributed by atoms with Crippen molar-refractivity contribution in [1.29, 1.82) is 0 Å². The molecule has 2 nitrogen and oxygen atoms in total. The van der Waals surface area contributed by atoms with Crippen LogP contribution in [0.15, 0.2) is 18.2 Å². The maximum absolute atomic E-state index is 11.3. The molecule has 4 heteroatoms. The maximum Gasteiger partial charge on any atom is 0.338 e. The minimum atomic E-state index is -0.284. The minimum absolute atomic E-state index is 0.284. The SMILES string of the molecule is COC(=O)c1cccc(I)c1CBr. The van der Waals surface area contributed by atoms with E-state index in [0.29, 0.717) is 10.9 Å². The lowest BCUT2D eigenvalue weighted by atomic mass is 10.1. The van der Waals surface area contributed by atoms with Crippen LogP contribution in [0.1, 0.15) is 15.9 Å². The summed E-state index contributed by atoms with van der Waals surface area (Å²) in [4.78, 5) is 11.3. The minimum Gasteiger partial charge on any atom is -0.465 e. The van der Waals surface area contributed by atoms with Gasteiger partial charge in [0.1, 0.15) is 0 Å². The molecule has 0 saturated heterocycles. The molecular formula is C9H8BrIO2. The first-order valence-electron chi connectivity index (χ1n) is 3.62. The number of methoxy groups -OCH3 is 1. The monoisotopic (exact) mass is 354 g/mol. The third-order valence-electron chi connectivity index (χ3n) is 1.66. The summed E-state index contributed by atoms with van der Waals surface area (Å²) in [6, 6.07) is 5.58. The molecule has 0 N–H and O–H groups in total. The van der Waals surface area contributed by atoms with Crippen LogP contribution in [0.3, 0.4) is 0 Å². The largest absolute Gasteiger partial charge is 0.465 e. The Morgan fingerprint density at radius 3 is 2.85 bits per heavy atom. The van der Waals surface area contributed by atoms with Crippen molar-refractivity contribution in [2.24, 2.45) is 0 Å². The van der Waals surface area contributed by atoms with E-state index in [1.807, 2.05) is 12.1 Å². The molecule has 0 saturated carbocycles. The van der Waals surface area contributed by atoms with E-state index >= 15 is 0 Å². The second-order valence-corrected chi connectivity index (χ2v) is 4.11. The zero-order chi connectivity index (χ0) is 9.84. The van der Waals surface area contributed by atoms with Gasteiger partial charge in [0.15, 0.2) is 0 Å². The summed E-state index contributed by atoms with van der Waals surface area (Å²) in [5.41, 5.74) is 1.61. The van der Waals surface area contributed by atoms with Crippen molar-refractivity contribution < 1.29 is 9.53 Å². The molecule has 1 rings (SSSR count). The number of rotatable bonds is 2. The lowest BCUT2D eigenvalue weighted by molar-refractivity contribution is 0.0599. The third-order valence-corrected chi connectivity index (χ3v) is 3.23. The maximum atomic E-state index is 11.3. The zero-order valence-corrected chi connectivity index (χ0v) is 10.8. The fourth-order valence-electron chi connectivity index (χ4n) is 0.996. The first kappa shape index (κ1) is 11.0. The summed E-state index contributed by atoms with van der Waals surface area (Å²) in [5, 5.41) is 0.663. The van der Waals surface area contributed by atoms with Gasteiger partial charge in [0.25, 0.3) is 0 Å². The number of carbonyl (C=O) groups excluding carboxylic acids is 1. The van der Waals surface area contributed by atoms with Gasteiger partial charge in [0, 0.05) is 8.90 Å². The van der Waals surface area contributed by atoms with E-state index in [-0.39, 0.29) is 5.97 Å². The van der Waals surface area contributed by atoms with Crippen LogP contribution in [0, 0.1) is 3.57 Å². The Labute approximate surface area is 98.9 Å². The Kier molecular flexibility index (Phi) is 4.18. The molecule has 0 atom stereocenters. The highest BCUT2D eigenvalue weighted by Crippen LogP contribution is 2.20. The van der Waals surface area contributed by atoms with E-state index in [2.05, 4.69) is 43.3 Å². The highest BCUT2D eigenvalue weighted by atomic mass is 127. The molecule has 0 aliphatic heterocycles. The van der Waals surface area contributed by atoms with Gasteiger partial charge in [-0.3, -0.25) is 0 Å². The zero-order valence-electron chi connectivity index (χ0n) is 7.01. The van der Waals surface area contributed by atoms with Gasteiger partial charge in [-0.1, -0.05) is 22.0 Å². The number of ether oxygens (including phenoxy) is 1. The van der Waals surface area contributed by atoms with E-state index in [1.165, 1.54) is 7.11 Å². The second-order valence-electron chi connectivity index (χ2n) is 2.39. The average molecular weight is 355 g/mol. The van der Waals surface area contributed by atoms with Crippen molar-refractivity contribution >= 4 is 44.5 Å². The van der Waals surface area contributed by atoms with Gasteiger partial charge in [-0.15, -0.1) is 0 Å². The number of carbonyl (C=O) groups is 1. The fourth-order valence-corrected chi connectivity index (χ4v) is 2.81. The number of halogens is 2. The first-order chi connectivity index (χ1) is 6.20. The number of alkyl halides is 1. The van der Waals surface area contributed by atoms with Gasteiger partial charge >= 0.3 is 5.97 Å². The molecule has 0 radical (unpaired) electrons. The molecule has 0 spiro atoms. The Morgan fingerprint density at radius 2 is 2.31 bits per heavy atom. The van der Waals surface area contributed by atoms with Crippen molar-refractivity contribution in [2.75, 3.05) is 7.11 Å². The Balaban J connectivity index is 3.20. The van der Waals surface area contributed by atoms with Crippen LogP contribution in [0.4, 0.5) is 0 Å². The molecule has 0 amide bonds. The lowest BCUT2D eigenvalue weighted by Crippen LogP contribution is -2.05. The molecule has 0 heterocycles. The summed E-state index contributed by atoms with van der Waals surface area (Å²) < 4.78 is 5.74. The van der Waals surface area contributed by atoms with E-state index in [4.69, 9.17) is 0 Å². The standard InChI is InChI=1S/C9H8BrIO2/c1-13-9(12)6-3-2-4-8(11)7(6)5-10/h2-4H,5H2,1H3. The number of hydrogen-bond donors (Lipinski definition) is 0. The van der Waals surface area contributed by atoms with Crippen LogP contribution in [-0.2, 0) is 10.1 Å². The normalized spacial score (nSPS) is 9.77. The highest BCUT2D eigenvalue weighted by molar-refractivity contribution is 14.1. The summed E-state index contributed by atoms with van der Waals surface area (Å²) in [5.74, 6) is -0.284. The molecule has 0 fully saturated rings. The molecule has 0 aliphatic carbocycles. The summed E-state index contributed by atoms with van der Waals surface area (Å²) in [7, 11) is 1.39. The quantitative estimate of drug-likeness (QED) is 0.463. The summed E-state index contributed by atoms with van der Waals surface area (Å²) in [6.07, 6.45) is 0. The van der Waals surface area contributed by atoms with E-state index in [9.17, 15) is 4.79 Å². The topological polar surface area (TPSA) is 26.3 Å². The van der Waals surface area contributed by atoms with E-state index < -0.39 is 0 Å². The van der Waals surface area contributed by atoms with Gasteiger partial charge in [0.2, 0.25) is 0 Å². The Bertz CT molecular complexity index is 325. The van der Waals surface area contributed by atoms with Crippen LogP contribution in [0.25, 0.3) is 0 Å². The third kappa shape index (κ3) is 2.43. The van der Waals surface area contributed by atoms with Crippen LogP contribution in [0.2, 0.25) is 0 Å². The average Bonchev–Trinajstić information content (AvgIpc) is 2.16. The number of esters is 1. The molecule has 0 bridgehead atoms. The van der Waals surface area contributed by atoms with Crippen LogP contribution < -0.4 is 0 Å².